The number of rotatable bonds is 5. The highest BCUT2D eigenvalue weighted by atomic mass is 32.2. The minimum Gasteiger partial charge on any atom is -0.382 e. The van der Waals surface area contributed by atoms with Crippen LogP contribution in [0.4, 0.5) is 10.1 Å². The van der Waals surface area contributed by atoms with Gasteiger partial charge in [-0.25, -0.2) is 9.37 Å². The van der Waals surface area contributed by atoms with Gasteiger partial charge in [0.05, 0.1) is 5.69 Å². The standard InChI is InChI=1S/C12H13FN2S2/c1-9-8-17-12(15-9)16-7-6-14-11-5-3-2-4-10(11)13/h2-5,8,14H,6-7H2,1H3. The number of hydrogen-bond donors (Lipinski definition) is 1. The van der Waals surface area contributed by atoms with E-state index in [0.29, 0.717) is 5.69 Å². The Balaban J connectivity index is 1.75. The number of halogens is 1. The molecule has 1 aromatic heterocycles. The Morgan fingerprint density at radius 1 is 1.41 bits per heavy atom. The zero-order chi connectivity index (χ0) is 12.1. The van der Waals surface area contributed by atoms with Gasteiger partial charge >= 0.3 is 0 Å². The Morgan fingerprint density at radius 3 is 2.94 bits per heavy atom. The van der Waals surface area contributed by atoms with Gasteiger partial charge in [0.25, 0.3) is 0 Å². The van der Waals surface area contributed by atoms with Crippen molar-refractivity contribution in [1.82, 2.24) is 4.98 Å². The van der Waals surface area contributed by atoms with Gasteiger partial charge in [-0.15, -0.1) is 11.3 Å². The van der Waals surface area contributed by atoms with Gasteiger partial charge in [0, 0.05) is 23.4 Å². The third-order valence-electron chi connectivity index (χ3n) is 2.11. The molecule has 0 saturated carbocycles. The number of hydrogen-bond acceptors (Lipinski definition) is 4. The number of para-hydroxylation sites is 1. The fraction of sp³-hybridized carbons (Fsp3) is 0.250. The molecule has 0 aliphatic rings. The van der Waals surface area contributed by atoms with E-state index >= 15 is 0 Å². The average molecular weight is 268 g/mol. The Hall–Kier alpha value is -1.07. The van der Waals surface area contributed by atoms with Crippen LogP contribution in [0.25, 0.3) is 0 Å². The van der Waals surface area contributed by atoms with Crippen LogP contribution in [0.3, 0.4) is 0 Å². The molecule has 0 radical (unpaired) electrons. The highest BCUT2D eigenvalue weighted by Crippen LogP contribution is 2.22. The van der Waals surface area contributed by atoms with Crippen LogP contribution in [0, 0.1) is 12.7 Å². The van der Waals surface area contributed by atoms with E-state index in [1.54, 1.807) is 35.2 Å². The second-order valence-electron chi connectivity index (χ2n) is 3.51. The molecule has 1 heterocycles. The summed E-state index contributed by atoms with van der Waals surface area (Å²) in [5, 5.41) is 5.11. The van der Waals surface area contributed by atoms with Crippen molar-refractivity contribution in [2.75, 3.05) is 17.6 Å². The van der Waals surface area contributed by atoms with E-state index in [4.69, 9.17) is 0 Å². The maximum absolute atomic E-state index is 13.3. The lowest BCUT2D eigenvalue weighted by Gasteiger charge is -2.05. The summed E-state index contributed by atoms with van der Waals surface area (Å²) in [6, 6.07) is 6.71. The lowest BCUT2D eigenvalue weighted by Crippen LogP contribution is -2.05. The molecule has 0 aliphatic heterocycles. The minimum atomic E-state index is -0.206. The van der Waals surface area contributed by atoms with Crippen LogP contribution in [0.5, 0.6) is 0 Å². The Kier molecular flexibility index (Phi) is 4.39. The molecule has 1 N–H and O–H groups in total. The van der Waals surface area contributed by atoms with E-state index < -0.39 is 0 Å². The summed E-state index contributed by atoms with van der Waals surface area (Å²) in [6.07, 6.45) is 0. The largest absolute Gasteiger partial charge is 0.382 e. The first kappa shape index (κ1) is 12.4. The second kappa shape index (κ2) is 6.02. The normalized spacial score (nSPS) is 10.5. The lowest BCUT2D eigenvalue weighted by molar-refractivity contribution is 0.630. The van der Waals surface area contributed by atoms with Crippen LogP contribution < -0.4 is 5.32 Å². The molecule has 0 saturated heterocycles. The summed E-state index contributed by atoms with van der Waals surface area (Å²) in [5.41, 5.74) is 1.61. The van der Waals surface area contributed by atoms with Crippen molar-refractivity contribution in [3.05, 3.63) is 41.2 Å². The highest BCUT2D eigenvalue weighted by Gasteiger charge is 2.01. The molecule has 90 valence electrons. The molecule has 5 heteroatoms. The molecule has 0 aliphatic carbocycles. The van der Waals surface area contributed by atoms with Gasteiger partial charge in [-0.1, -0.05) is 23.9 Å². The van der Waals surface area contributed by atoms with Crippen LogP contribution in [0.2, 0.25) is 0 Å². The Morgan fingerprint density at radius 2 is 2.24 bits per heavy atom. The van der Waals surface area contributed by atoms with Crippen LogP contribution in [-0.4, -0.2) is 17.3 Å². The number of aromatic nitrogens is 1. The zero-order valence-electron chi connectivity index (χ0n) is 9.44. The number of nitrogens with zero attached hydrogens (tertiary/aromatic N) is 1. The molecule has 0 fully saturated rings. The first-order chi connectivity index (χ1) is 8.25. The third-order valence-corrected chi connectivity index (χ3v) is 4.26. The van der Waals surface area contributed by atoms with Gasteiger partial charge in [-0.3, -0.25) is 0 Å². The lowest BCUT2D eigenvalue weighted by atomic mass is 10.3. The van der Waals surface area contributed by atoms with Crippen molar-refractivity contribution in [2.24, 2.45) is 0 Å². The summed E-state index contributed by atoms with van der Waals surface area (Å²) in [4.78, 5) is 4.35. The van der Waals surface area contributed by atoms with Gasteiger partial charge in [-0.05, 0) is 19.1 Å². The average Bonchev–Trinajstić information content (AvgIpc) is 2.73. The SMILES string of the molecule is Cc1csc(SCCNc2ccccc2F)n1. The molecule has 0 unspecified atom stereocenters. The molecule has 0 bridgehead atoms. The maximum atomic E-state index is 13.3. The van der Waals surface area contributed by atoms with Gasteiger partial charge in [0.15, 0.2) is 0 Å². The summed E-state index contributed by atoms with van der Waals surface area (Å²) in [5.74, 6) is 0.670. The molecule has 0 atom stereocenters. The summed E-state index contributed by atoms with van der Waals surface area (Å²) < 4.78 is 14.3. The van der Waals surface area contributed by atoms with E-state index in [2.05, 4.69) is 10.3 Å². The smallest absolute Gasteiger partial charge is 0.150 e. The first-order valence-corrected chi connectivity index (χ1v) is 7.15. The first-order valence-electron chi connectivity index (χ1n) is 5.29. The van der Waals surface area contributed by atoms with Crippen LogP contribution >= 0.6 is 23.1 Å². The number of nitrogens with one attached hydrogen (secondary N) is 1. The molecule has 2 rings (SSSR count). The molecular weight excluding hydrogens is 255 g/mol. The molecular formula is C12H13FN2S2. The quantitative estimate of drug-likeness (QED) is 0.659. The highest BCUT2D eigenvalue weighted by molar-refractivity contribution is 8.01. The van der Waals surface area contributed by atoms with Crippen molar-refractivity contribution < 1.29 is 4.39 Å². The number of thioether (sulfide) groups is 1. The minimum absolute atomic E-state index is 0.206. The summed E-state index contributed by atoms with van der Waals surface area (Å²) in [6.45, 7) is 2.71. The van der Waals surface area contributed by atoms with Crippen molar-refractivity contribution in [3.8, 4) is 0 Å². The monoisotopic (exact) mass is 268 g/mol. The van der Waals surface area contributed by atoms with Crippen LogP contribution in [-0.2, 0) is 0 Å². The van der Waals surface area contributed by atoms with Crippen molar-refractivity contribution in [1.29, 1.82) is 0 Å². The van der Waals surface area contributed by atoms with E-state index in [0.717, 1.165) is 22.3 Å². The Bertz CT molecular complexity index is 485. The molecule has 1 aromatic carbocycles. The number of thiazole rings is 1. The zero-order valence-corrected chi connectivity index (χ0v) is 11.1. The fourth-order valence-corrected chi connectivity index (χ4v) is 3.10. The molecule has 2 aromatic rings. The number of benzene rings is 1. The van der Waals surface area contributed by atoms with E-state index in [-0.39, 0.29) is 5.82 Å². The van der Waals surface area contributed by atoms with Crippen LogP contribution in [0.1, 0.15) is 5.69 Å². The van der Waals surface area contributed by atoms with Crippen molar-refractivity contribution in [3.63, 3.8) is 0 Å². The van der Waals surface area contributed by atoms with Crippen LogP contribution in [0.15, 0.2) is 34.0 Å². The van der Waals surface area contributed by atoms with E-state index in [1.807, 2.05) is 18.4 Å². The second-order valence-corrected chi connectivity index (χ2v) is 5.71. The third kappa shape index (κ3) is 3.71. The molecule has 17 heavy (non-hydrogen) atoms. The van der Waals surface area contributed by atoms with Gasteiger partial charge < -0.3 is 5.32 Å². The molecule has 0 spiro atoms. The number of aryl methyl sites for hydroxylation is 1. The van der Waals surface area contributed by atoms with E-state index in [9.17, 15) is 4.39 Å². The van der Waals surface area contributed by atoms with Gasteiger partial charge in [0.2, 0.25) is 0 Å². The molecule has 0 amide bonds. The van der Waals surface area contributed by atoms with Crippen molar-refractivity contribution in [2.45, 2.75) is 11.3 Å². The maximum Gasteiger partial charge on any atom is 0.150 e. The number of anilines is 1. The topological polar surface area (TPSA) is 24.9 Å². The fourth-order valence-electron chi connectivity index (χ4n) is 1.33. The molecule has 2 nitrogen and oxygen atoms in total. The van der Waals surface area contributed by atoms with Gasteiger partial charge in [0.1, 0.15) is 10.2 Å². The van der Waals surface area contributed by atoms with Gasteiger partial charge in [-0.2, -0.15) is 0 Å². The van der Waals surface area contributed by atoms with Crippen molar-refractivity contribution >= 4 is 28.8 Å². The predicted molar refractivity (Wildman–Crippen MR) is 72.5 cm³/mol. The summed E-state index contributed by atoms with van der Waals surface area (Å²) in [7, 11) is 0. The Labute approximate surface area is 108 Å². The van der Waals surface area contributed by atoms with E-state index in [1.165, 1.54) is 6.07 Å². The summed E-state index contributed by atoms with van der Waals surface area (Å²) >= 11 is 3.34. The predicted octanol–water partition coefficient (Wildman–Crippen LogP) is 3.79.